The van der Waals surface area contributed by atoms with Gasteiger partial charge in [0.2, 0.25) is 0 Å². The van der Waals surface area contributed by atoms with Crippen LogP contribution in [0.3, 0.4) is 0 Å². The Morgan fingerprint density at radius 2 is 1.10 bits per heavy atom. The number of hydrogen-bond donors (Lipinski definition) is 2. The van der Waals surface area contributed by atoms with Crippen molar-refractivity contribution in [3.05, 3.63) is 0 Å². The van der Waals surface area contributed by atoms with Crippen LogP contribution >= 0.6 is 0 Å². The van der Waals surface area contributed by atoms with E-state index in [0.29, 0.717) is 0 Å². The second kappa shape index (κ2) is 5.96. The second-order valence-corrected chi connectivity index (χ2v) is 12.8. The maximum atomic E-state index is 12.2. The molecular formula is C8H14F6N2O3Si2. The molecule has 124 valence electrons. The molecule has 0 bridgehead atoms. The monoisotopic (exact) mass is 356 g/mol. The summed E-state index contributed by atoms with van der Waals surface area (Å²) in [4.78, 5) is 24.5. The van der Waals surface area contributed by atoms with Gasteiger partial charge in [-0.25, -0.2) is 0 Å². The lowest BCUT2D eigenvalue weighted by molar-refractivity contribution is -0.173. The number of amides is 2. The Morgan fingerprint density at radius 1 is 0.810 bits per heavy atom. The molecule has 0 aromatic rings. The molecule has 2 N–H and O–H groups in total. The zero-order valence-electron chi connectivity index (χ0n) is 11.5. The summed E-state index contributed by atoms with van der Waals surface area (Å²) in [5, 5.41) is 0. The van der Waals surface area contributed by atoms with Gasteiger partial charge in [-0.2, -0.15) is 26.3 Å². The highest BCUT2D eigenvalue weighted by Crippen LogP contribution is 2.19. The highest BCUT2D eigenvalue weighted by Gasteiger charge is 2.50. The van der Waals surface area contributed by atoms with Crippen molar-refractivity contribution in [1.29, 1.82) is 0 Å². The van der Waals surface area contributed by atoms with Crippen LogP contribution in [-0.4, -0.2) is 41.1 Å². The van der Waals surface area contributed by atoms with E-state index in [1.807, 2.05) is 0 Å². The van der Waals surface area contributed by atoms with Gasteiger partial charge in [-0.15, -0.1) is 0 Å². The molecule has 0 radical (unpaired) electrons. The first-order valence-electron chi connectivity index (χ1n) is 5.45. The van der Waals surface area contributed by atoms with Crippen LogP contribution in [0.15, 0.2) is 0 Å². The first kappa shape index (κ1) is 19.9. The lowest BCUT2D eigenvalue weighted by atomic mass is 10.6. The standard InChI is InChI=1S/C8H14F6N2O3Si2/c1-20(2,3)19-21(4,15-5(17)7(9,10)11)16-6(18)8(12,13)14/h1-4H3,(H,15,17)(H,16,18). The number of halogens is 6. The molecule has 5 nitrogen and oxygen atoms in total. The minimum absolute atomic E-state index is 0.832. The number of rotatable bonds is 4. The first-order chi connectivity index (χ1) is 8.96. The molecule has 0 aliphatic carbocycles. The Bertz CT molecular complexity index is 390. The summed E-state index contributed by atoms with van der Waals surface area (Å²) < 4.78 is 78.5. The summed E-state index contributed by atoms with van der Waals surface area (Å²) in [6.45, 7) is 5.28. The van der Waals surface area contributed by atoms with Crippen molar-refractivity contribution in [2.24, 2.45) is 0 Å². The van der Waals surface area contributed by atoms with E-state index in [1.165, 1.54) is 29.6 Å². The average Bonchev–Trinajstić information content (AvgIpc) is 2.09. The van der Waals surface area contributed by atoms with Crippen molar-refractivity contribution in [2.45, 2.75) is 38.5 Å². The van der Waals surface area contributed by atoms with Gasteiger partial charge >= 0.3 is 32.8 Å². The Morgan fingerprint density at radius 3 is 1.29 bits per heavy atom. The van der Waals surface area contributed by atoms with Crippen molar-refractivity contribution in [1.82, 2.24) is 9.96 Å². The predicted molar refractivity (Wildman–Crippen MR) is 64.4 cm³/mol. The fourth-order valence-corrected chi connectivity index (χ4v) is 7.79. The lowest BCUT2D eigenvalue weighted by Gasteiger charge is -2.34. The normalized spacial score (nSPS) is 13.8. The van der Waals surface area contributed by atoms with Crippen molar-refractivity contribution < 1.29 is 40.0 Å². The zero-order chi connectivity index (χ0) is 17.3. The Hall–Kier alpha value is -1.09. The molecule has 2 amide bonds. The minimum atomic E-state index is -5.31. The Kier molecular flexibility index (Phi) is 5.65. The van der Waals surface area contributed by atoms with E-state index in [2.05, 4.69) is 0 Å². The molecule has 0 spiro atoms. The lowest BCUT2D eigenvalue weighted by Crippen LogP contribution is -2.71. The molecule has 0 atom stereocenters. The Labute approximate surface area is 118 Å². The highest BCUT2D eigenvalue weighted by atomic mass is 28.4. The van der Waals surface area contributed by atoms with Gasteiger partial charge in [0.1, 0.15) is 0 Å². The molecule has 21 heavy (non-hydrogen) atoms. The predicted octanol–water partition coefficient (Wildman–Crippen LogP) is 1.76. The van der Waals surface area contributed by atoms with Crippen molar-refractivity contribution in [3.63, 3.8) is 0 Å². The maximum absolute atomic E-state index is 12.2. The van der Waals surface area contributed by atoms with Crippen LogP contribution in [-0.2, 0) is 13.7 Å². The summed E-state index contributed by atoms with van der Waals surface area (Å²) in [5.41, 5.74) is 0. The van der Waals surface area contributed by atoms with Gasteiger partial charge in [-0.3, -0.25) is 9.59 Å². The molecule has 0 fully saturated rings. The number of carbonyl (C=O) groups excluding carboxylic acids is 2. The summed E-state index contributed by atoms with van der Waals surface area (Å²) in [7, 11) is -6.95. The quantitative estimate of drug-likeness (QED) is 0.596. The third kappa shape index (κ3) is 7.47. The van der Waals surface area contributed by atoms with E-state index in [9.17, 15) is 35.9 Å². The molecule has 0 aliphatic heterocycles. The molecule has 0 aliphatic rings. The van der Waals surface area contributed by atoms with Crippen LogP contribution < -0.4 is 9.96 Å². The first-order valence-corrected chi connectivity index (χ1v) is 11.3. The third-order valence-electron chi connectivity index (χ3n) is 1.73. The van der Waals surface area contributed by atoms with E-state index >= 15 is 0 Å². The molecule has 0 saturated carbocycles. The zero-order valence-corrected chi connectivity index (χ0v) is 13.5. The van der Waals surface area contributed by atoms with E-state index in [4.69, 9.17) is 4.12 Å². The summed E-state index contributed by atoms with van der Waals surface area (Å²) in [6.07, 6.45) is -10.6. The van der Waals surface area contributed by atoms with Gasteiger partial charge in [0.05, 0.1) is 0 Å². The molecule has 13 heteroatoms. The molecule has 0 aromatic carbocycles. The fourth-order valence-electron chi connectivity index (χ4n) is 1.27. The molecule has 0 heterocycles. The fraction of sp³-hybridized carbons (Fsp3) is 0.750. The van der Waals surface area contributed by atoms with Crippen LogP contribution in [0.2, 0.25) is 26.2 Å². The molecule has 0 unspecified atom stereocenters. The van der Waals surface area contributed by atoms with Crippen molar-refractivity contribution >= 4 is 28.8 Å². The van der Waals surface area contributed by atoms with E-state index in [-0.39, 0.29) is 0 Å². The molecule has 0 rings (SSSR count). The van der Waals surface area contributed by atoms with Gasteiger partial charge in [-0.1, -0.05) is 0 Å². The molecular weight excluding hydrogens is 342 g/mol. The number of carbonyl (C=O) groups is 2. The average molecular weight is 356 g/mol. The number of nitrogens with one attached hydrogen (secondary N) is 2. The highest BCUT2D eigenvalue weighted by molar-refractivity contribution is 6.84. The van der Waals surface area contributed by atoms with Gasteiger partial charge in [0.25, 0.3) is 0 Å². The van der Waals surface area contributed by atoms with Crippen LogP contribution in [0.4, 0.5) is 26.3 Å². The smallest absolute Gasteiger partial charge is 0.425 e. The number of hydrogen-bond acceptors (Lipinski definition) is 3. The van der Waals surface area contributed by atoms with E-state index in [1.54, 1.807) is 0 Å². The van der Waals surface area contributed by atoms with Crippen LogP contribution in [0.1, 0.15) is 0 Å². The van der Waals surface area contributed by atoms with Crippen molar-refractivity contribution in [3.8, 4) is 0 Å². The summed E-state index contributed by atoms with van der Waals surface area (Å²) in [5.74, 6) is -4.95. The van der Waals surface area contributed by atoms with Crippen LogP contribution in [0.25, 0.3) is 0 Å². The SMILES string of the molecule is C[Si](C)(C)O[Si](C)(NC(=O)C(F)(F)F)NC(=O)C(F)(F)F. The summed E-state index contributed by atoms with van der Waals surface area (Å²) >= 11 is 0. The van der Waals surface area contributed by atoms with Gasteiger partial charge in [-0.05, 0) is 26.2 Å². The number of alkyl halides is 6. The van der Waals surface area contributed by atoms with Gasteiger partial charge in [0.15, 0.2) is 8.32 Å². The van der Waals surface area contributed by atoms with E-state index < -0.39 is 41.1 Å². The largest absolute Gasteiger partial charge is 0.470 e. The Balaban J connectivity index is 5.30. The van der Waals surface area contributed by atoms with Gasteiger partial charge in [0, 0.05) is 0 Å². The van der Waals surface area contributed by atoms with Gasteiger partial charge < -0.3 is 14.1 Å². The second-order valence-electron chi connectivity index (χ2n) is 5.15. The van der Waals surface area contributed by atoms with Crippen molar-refractivity contribution in [2.75, 3.05) is 0 Å². The molecule has 0 aromatic heterocycles. The topological polar surface area (TPSA) is 67.4 Å². The van der Waals surface area contributed by atoms with Crippen LogP contribution in [0.5, 0.6) is 0 Å². The van der Waals surface area contributed by atoms with Crippen LogP contribution in [0, 0.1) is 0 Å². The maximum Gasteiger partial charge on any atom is 0.470 e. The summed E-state index contributed by atoms with van der Waals surface area (Å²) in [6, 6.07) is 0. The minimum Gasteiger partial charge on any atom is -0.425 e. The molecule has 0 saturated heterocycles. The third-order valence-corrected chi connectivity index (χ3v) is 7.22. The van der Waals surface area contributed by atoms with E-state index in [0.717, 1.165) is 6.55 Å².